The van der Waals surface area contributed by atoms with Crippen LogP contribution < -0.4 is 11.0 Å². The van der Waals surface area contributed by atoms with E-state index in [0.29, 0.717) is 37.2 Å². The van der Waals surface area contributed by atoms with Crippen LogP contribution in [0.25, 0.3) is 0 Å². The molecule has 0 spiro atoms. The molecule has 6 nitrogen and oxygen atoms in total. The zero-order valence-corrected chi connectivity index (χ0v) is 13.3. The van der Waals surface area contributed by atoms with Crippen molar-refractivity contribution in [3.63, 3.8) is 0 Å². The SMILES string of the molecule is Cn1nc2n(c1=O)CCC(NC(=O)Cc1cc(F)cc(F)c1)CC2. The maximum absolute atomic E-state index is 13.2. The first-order valence-electron chi connectivity index (χ1n) is 7.79. The Morgan fingerprint density at radius 3 is 2.71 bits per heavy atom. The molecule has 0 saturated carbocycles. The second-order valence-electron chi connectivity index (χ2n) is 6.02. The van der Waals surface area contributed by atoms with Crippen LogP contribution in [0.5, 0.6) is 0 Å². The molecule has 1 unspecified atom stereocenters. The van der Waals surface area contributed by atoms with Gasteiger partial charge in [-0.1, -0.05) is 0 Å². The summed E-state index contributed by atoms with van der Waals surface area (Å²) in [6.07, 6.45) is 1.79. The molecule has 1 aliphatic heterocycles. The third kappa shape index (κ3) is 3.52. The summed E-state index contributed by atoms with van der Waals surface area (Å²) in [4.78, 5) is 24.0. The van der Waals surface area contributed by atoms with Crippen molar-refractivity contribution in [2.75, 3.05) is 0 Å². The van der Waals surface area contributed by atoms with Crippen LogP contribution in [0, 0.1) is 11.6 Å². The average Bonchev–Trinajstić information content (AvgIpc) is 2.65. The van der Waals surface area contributed by atoms with E-state index < -0.39 is 11.6 Å². The molecule has 24 heavy (non-hydrogen) atoms. The lowest BCUT2D eigenvalue weighted by Gasteiger charge is -2.16. The zero-order valence-electron chi connectivity index (χ0n) is 13.3. The number of aryl methyl sites for hydroxylation is 2. The summed E-state index contributed by atoms with van der Waals surface area (Å²) in [5.74, 6) is -0.981. The molecule has 128 valence electrons. The average molecular weight is 336 g/mol. The lowest BCUT2D eigenvalue weighted by atomic mass is 10.1. The molecule has 2 aromatic rings. The number of benzene rings is 1. The monoisotopic (exact) mass is 336 g/mol. The maximum Gasteiger partial charge on any atom is 0.345 e. The van der Waals surface area contributed by atoms with Crippen molar-refractivity contribution < 1.29 is 13.6 Å². The highest BCUT2D eigenvalue weighted by Crippen LogP contribution is 2.13. The fourth-order valence-corrected chi connectivity index (χ4v) is 3.02. The predicted octanol–water partition coefficient (Wildman–Crippen LogP) is 0.924. The van der Waals surface area contributed by atoms with Gasteiger partial charge in [0.05, 0.1) is 6.42 Å². The van der Waals surface area contributed by atoms with Crippen molar-refractivity contribution in [1.29, 1.82) is 0 Å². The Kier molecular flexibility index (Phi) is 4.46. The Morgan fingerprint density at radius 2 is 2.00 bits per heavy atom. The highest BCUT2D eigenvalue weighted by molar-refractivity contribution is 5.78. The van der Waals surface area contributed by atoms with Crippen LogP contribution in [0.4, 0.5) is 8.78 Å². The molecule has 1 aromatic heterocycles. The van der Waals surface area contributed by atoms with E-state index in [-0.39, 0.29) is 24.1 Å². The fraction of sp³-hybridized carbons (Fsp3) is 0.438. The number of hydrogen-bond donors (Lipinski definition) is 1. The standard InChI is InChI=1S/C16H18F2N4O2/c1-21-16(24)22-5-4-13(2-3-14(22)20-21)19-15(23)8-10-6-11(17)9-12(18)7-10/h6-7,9,13H,2-5,8H2,1H3,(H,19,23). The lowest BCUT2D eigenvalue weighted by molar-refractivity contribution is -0.121. The Labute approximate surface area is 137 Å². The second kappa shape index (κ2) is 6.54. The molecule has 0 saturated heterocycles. The number of amides is 1. The summed E-state index contributed by atoms with van der Waals surface area (Å²) in [5, 5.41) is 7.05. The Morgan fingerprint density at radius 1 is 1.29 bits per heavy atom. The van der Waals surface area contributed by atoms with Crippen molar-refractivity contribution in [3.8, 4) is 0 Å². The zero-order chi connectivity index (χ0) is 17.3. The highest BCUT2D eigenvalue weighted by atomic mass is 19.1. The van der Waals surface area contributed by atoms with E-state index in [9.17, 15) is 18.4 Å². The molecule has 3 rings (SSSR count). The van der Waals surface area contributed by atoms with Crippen LogP contribution >= 0.6 is 0 Å². The van der Waals surface area contributed by atoms with Crippen molar-refractivity contribution in [2.24, 2.45) is 7.05 Å². The minimum Gasteiger partial charge on any atom is -0.353 e. The summed E-state index contributed by atoms with van der Waals surface area (Å²) in [5.41, 5.74) is 0.132. The number of rotatable bonds is 3. The third-order valence-corrected chi connectivity index (χ3v) is 4.15. The number of fused-ring (bicyclic) bond motifs is 1. The van der Waals surface area contributed by atoms with E-state index in [1.54, 1.807) is 11.6 Å². The quantitative estimate of drug-likeness (QED) is 0.906. The fourth-order valence-electron chi connectivity index (χ4n) is 3.02. The van der Waals surface area contributed by atoms with Crippen LogP contribution in [0.3, 0.4) is 0 Å². The van der Waals surface area contributed by atoms with Gasteiger partial charge in [-0.15, -0.1) is 0 Å². The Bertz CT molecular complexity index is 808. The molecular weight excluding hydrogens is 318 g/mol. The van der Waals surface area contributed by atoms with E-state index in [1.807, 2.05) is 0 Å². The molecule has 1 amide bonds. The van der Waals surface area contributed by atoms with Crippen molar-refractivity contribution >= 4 is 5.91 Å². The molecule has 0 bridgehead atoms. The van der Waals surface area contributed by atoms with Gasteiger partial charge in [0.15, 0.2) is 0 Å². The third-order valence-electron chi connectivity index (χ3n) is 4.15. The lowest BCUT2D eigenvalue weighted by Crippen LogP contribution is -2.36. The highest BCUT2D eigenvalue weighted by Gasteiger charge is 2.21. The largest absolute Gasteiger partial charge is 0.353 e. The smallest absolute Gasteiger partial charge is 0.345 e. The van der Waals surface area contributed by atoms with Gasteiger partial charge < -0.3 is 5.32 Å². The maximum atomic E-state index is 13.2. The minimum absolute atomic E-state index is 0.0858. The summed E-state index contributed by atoms with van der Waals surface area (Å²) in [7, 11) is 1.61. The van der Waals surface area contributed by atoms with Gasteiger partial charge in [-0.2, -0.15) is 5.10 Å². The Balaban J connectivity index is 1.60. The topological polar surface area (TPSA) is 68.9 Å². The van der Waals surface area contributed by atoms with Crippen LogP contribution in [0.1, 0.15) is 24.2 Å². The molecule has 2 heterocycles. The first kappa shape index (κ1) is 16.4. The van der Waals surface area contributed by atoms with Gasteiger partial charge in [0, 0.05) is 32.1 Å². The van der Waals surface area contributed by atoms with Gasteiger partial charge >= 0.3 is 5.69 Å². The summed E-state index contributed by atoms with van der Waals surface area (Å²) in [6, 6.07) is 2.97. The first-order chi connectivity index (χ1) is 11.4. The van der Waals surface area contributed by atoms with Crippen molar-refractivity contribution in [2.45, 2.75) is 38.3 Å². The number of carbonyl (C=O) groups is 1. The van der Waals surface area contributed by atoms with Gasteiger partial charge in [0.25, 0.3) is 0 Å². The first-order valence-corrected chi connectivity index (χ1v) is 7.79. The van der Waals surface area contributed by atoms with Gasteiger partial charge in [-0.25, -0.2) is 18.3 Å². The summed E-state index contributed by atoms with van der Waals surface area (Å²) in [6.45, 7) is 0.488. The van der Waals surface area contributed by atoms with Crippen molar-refractivity contribution in [1.82, 2.24) is 19.7 Å². The predicted molar refractivity (Wildman–Crippen MR) is 82.4 cm³/mol. The molecule has 0 radical (unpaired) electrons. The molecule has 0 fully saturated rings. The minimum atomic E-state index is -0.700. The van der Waals surface area contributed by atoms with Gasteiger partial charge in [0.1, 0.15) is 17.5 Å². The van der Waals surface area contributed by atoms with Gasteiger partial charge in [-0.3, -0.25) is 9.36 Å². The van der Waals surface area contributed by atoms with Crippen LogP contribution in [0.15, 0.2) is 23.0 Å². The number of hydrogen-bond acceptors (Lipinski definition) is 3. The second-order valence-corrected chi connectivity index (χ2v) is 6.02. The van der Waals surface area contributed by atoms with Crippen LogP contribution in [0.2, 0.25) is 0 Å². The van der Waals surface area contributed by atoms with E-state index in [0.717, 1.165) is 18.2 Å². The van der Waals surface area contributed by atoms with Crippen LogP contribution in [-0.4, -0.2) is 26.3 Å². The molecule has 1 aromatic carbocycles. The number of aromatic nitrogens is 3. The number of nitrogens with one attached hydrogen (secondary N) is 1. The molecule has 1 atom stereocenters. The molecular formula is C16H18F2N4O2. The normalized spacial score (nSPS) is 17.2. The summed E-state index contributed by atoms with van der Waals surface area (Å²) >= 11 is 0. The molecule has 8 heteroatoms. The van der Waals surface area contributed by atoms with Crippen LogP contribution in [-0.2, 0) is 31.2 Å². The molecule has 0 aliphatic carbocycles. The Hall–Kier alpha value is -2.51. The number of halogens is 2. The van der Waals surface area contributed by atoms with E-state index >= 15 is 0 Å². The van der Waals surface area contributed by atoms with Crippen molar-refractivity contribution in [3.05, 3.63) is 51.7 Å². The molecule has 1 aliphatic rings. The van der Waals surface area contributed by atoms with Gasteiger partial charge in [-0.05, 0) is 30.5 Å². The number of carbonyl (C=O) groups excluding carboxylic acids is 1. The van der Waals surface area contributed by atoms with E-state index in [4.69, 9.17) is 0 Å². The summed E-state index contributed by atoms with van der Waals surface area (Å²) < 4.78 is 29.3. The van der Waals surface area contributed by atoms with E-state index in [1.165, 1.54) is 4.68 Å². The number of nitrogens with zero attached hydrogens (tertiary/aromatic N) is 3. The molecule has 1 N–H and O–H groups in total. The van der Waals surface area contributed by atoms with Gasteiger partial charge in [0.2, 0.25) is 5.91 Å². The van der Waals surface area contributed by atoms with E-state index in [2.05, 4.69) is 10.4 Å².